The molecule has 21 heavy (non-hydrogen) atoms. The van der Waals surface area contributed by atoms with Crippen LogP contribution >= 0.6 is 23.2 Å². The molecule has 0 unspecified atom stereocenters. The van der Waals surface area contributed by atoms with Crippen LogP contribution in [0.1, 0.15) is 5.56 Å². The number of rotatable bonds is 4. The minimum absolute atomic E-state index is 0.364. The van der Waals surface area contributed by atoms with Crippen LogP contribution in [0.15, 0.2) is 42.5 Å². The van der Waals surface area contributed by atoms with E-state index in [4.69, 9.17) is 27.9 Å². The molecule has 0 spiro atoms. The normalized spacial score (nSPS) is 10.2. The molecule has 0 bridgehead atoms. The van der Waals surface area contributed by atoms with Gasteiger partial charge in [-0.15, -0.1) is 0 Å². The number of urea groups is 1. The predicted octanol–water partition coefficient (Wildman–Crippen LogP) is 4.78. The predicted molar refractivity (Wildman–Crippen MR) is 86.3 cm³/mol. The van der Waals surface area contributed by atoms with Gasteiger partial charge in [-0.25, -0.2) is 4.79 Å². The summed E-state index contributed by atoms with van der Waals surface area (Å²) in [5.41, 5.74) is 2.15. The van der Waals surface area contributed by atoms with Crippen molar-refractivity contribution in [3.63, 3.8) is 0 Å². The third kappa shape index (κ3) is 4.36. The van der Waals surface area contributed by atoms with E-state index in [1.165, 1.54) is 0 Å². The molecule has 2 rings (SSSR count). The SMILES string of the molecule is COCc1ccccc1NC(=O)Nc1ccc(Cl)c(Cl)c1. The van der Waals surface area contributed by atoms with Crippen molar-refractivity contribution in [3.05, 3.63) is 58.1 Å². The van der Waals surface area contributed by atoms with E-state index in [1.54, 1.807) is 25.3 Å². The van der Waals surface area contributed by atoms with Gasteiger partial charge in [-0.1, -0.05) is 41.4 Å². The summed E-state index contributed by atoms with van der Waals surface area (Å²) in [4.78, 5) is 12.0. The Bertz CT molecular complexity index is 647. The number of hydrogen-bond acceptors (Lipinski definition) is 2. The molecule has 0 atom stereocenters. The molecule has 110 valence electrons. The molecule has 0 heterocycles. The van der Waals surface area contributed by atoms with Crippen LogP contribution in [-0.4, -0.2) is 13.1 Å². The van der Waals surface area contributed by atoms with Gasteiger partial charge in [0.1, 0.15) is 0 Å². The lowest BCUT2D eigenvalue weighted by atomic mass is 10.2. The number of ether oxygens (including phenoxy) is 1. The van der Waals surface area contributed by atoms with Crippen molar-refractivity contribution in [1.29, 1.82) is 0 Å². The van der Waals surface area contributed by atoms with E-state index < -0.39 is 0 Å². The Morgan fingerprint density at radius 2 is 1.86 bits per heavy atom. The number of methoxy groups -OCH3 is 1. The van der Waals surface area contributed by atoms with Crippen LogP contribution in [0.2, 0.25) is 10.0 Å². The maximum atomic E-state index is 12.0. The summed E-state index contributed by atoms with van der Waals surface area (Å²) < 4.78 is 5.09. The smallest absolute Gasteiger partial charge is 0.323 e. The molecule has 0 saturated carbocycles. The van der Waals surface area contributed by atoms with Gasteiger partial charge in [-0.05, 0) is 24.3 Å². The second kappa shape index (κ2) is 7.31. The topological polar surface area (TPSA) is 50.4 Å². The van der Waals surface area contributed by atoms with Gasteiger partial charge in [0.15, 0.2) is 0 Å². The quantitative estimate of drug-likeness (QED) is 0.849. The highest BCUT2D eigenvalue weighted by Crippen LogP contribution is 2.25. The van der Waals surface area contributed by atoms with Gasteiger partial charge in [0.25, 0.3) is 0 Å². The number of hydrogen-bond donors (Lipinski definition) is 2. The standard InChI is InChI=1S/C15H14Cl2N2O2/c1-21-9-10-4-2-3-5-14(10)19-15(20)18-11-6-7-12(16)13(17)8-11/h2-8H,9H2,1H3,(H2,18,19,20). The first-order chi connectivity index (χ1) is 10.1. The summed E-state index contributed by atoms with van der Waals surface area (Å²) in [5.74, 6) is 0. The average Bonchev–Trinajstić information content (AvgIpc) is 2.45. The lowest BCUT2D eigenvalue weighted by Gasteiger charge is -2.11. The average molecular weight is 325 g/mol. The van der Waals surface area contributed by atoms with Crippen LogP contribution < -0.4 is 10.6 Å². The van der Waals surface area contributed by atoms with Crippen LogP contribution in [0, 0.1) is 0 Å². The minimum atomic E-state index is -0.364. The van der Waals surface area contributed by atoms with Crippen LogP contribution in [0.5, 0.6) is 0 Å². The van der Waals surface area contributed by atoms with E-state index >= 15 is 0 Å². The molecule has 0 aromatic heterocycles. The van der Waals surface area contributed by atoms with Crippen LogP contribution in [-0.2, 0) is 11.3 Å². The fourth-order valence-electron chi connectivity index (χ4n) is 1.78. The van der Waals surface area contributed by atoms with Gasteiger partial charge in [0.2, 0.25) is 0 Å². The van der Waals surface area contributed by atoms with Crippen molar-refractivity contribution in [2.75, 3.05) is 17.7 Å². The molecule has 2 N–H and O–H groups in total. The number of anilines is 2. The van der Waals surface area contributed by atoms with Crippen molar-refractivity contribution in [2.24, 2.45) is 0 Å². The Morgan fingerprint density at radius 3 is 2.57 bits per heavy atom. The molecule has 2 amide bonds. The van der Waals surface area contributed by atoms with E-state index in [2.05, 4.69) is 10.6 Å². The zero-order valence-electron chi connectivity index (χ0n) is 11.3. The first-order valence-electron chi connectivity index (χ1n) is 6.20. The Labute approximate surface area is 133 Å². The highest BCUT2D eigenvalue weighted by atomic mass is 35.5. The van der Waals surface area contributed by atoms with Crippen molar-refractivity contribution in [2.45, 2.75) is 6.61 Å². The van der Waals surface area contributed by atoms with E-state index in [-0.39, 0.29) is 6.03 Å². The Morgan fingerprint density at radius 1 is 1.10 bits per heavy atom. The maximum absolute atomic E-state index is 12.0. The molecule has 0 aliphatic heterocycles. The largest absolute Gasteiger partial charge is 0.380 e. The Hall–Kier alpha value is -1.75. The van der Waals surface area contributed by atoms with Crippen LogP contribution in [0.25, 0.3) is 0 Å². The summed E-state index contributed by atoms with van der Waals surface area (Å²) in [7, 11) is 1.60. The third-order valence-corrected chi connectivity index (χ3v) is 3.48. The van der Waals surface area contributed by atoms with Crippen molar-refractivity contribution in [1.82, 2.24) is 0 Å². The molecule has 0 aliphatic rings. The number of carbonyl (C=O) groups excluding carboxylic acids is 1. The van der Waals surface area contributed by atoms with Gasteiger partial charge in [0, 0.05) is 24.0 Å². The van der Waals surface area contributed by atoms with Gasteiger partial charge in [-0.2, -0.15) is 0 Å². The number of halogens is 2. The summed E-state index contributed by atoms with van der Waals surface area (Å²) >= 11 is 11.7. The number of carbonyl (C=O) groups is 1. The van der Waals surface area contributed by atoms with Crippen molar-refractivity contribution >= 4 is 40.6 Å². The van der Waals surface area contributed by atoms with Gasteiger partial charge in [-0.3, -0.25) is 0 Å². The highest BCUT2D eigenvalue weighted by molar-refractivity contribution is 6.42. The van der Waals surface area contributed by atoms with Gasteiger partial charge >= 0.3 is 6.03 Å². The van der Waals surface area contributed by atoms with E-state index in [9.17, 15) is 4.79 Å². The number of para-hydroxylation sites is 1. The van der Waals surface area contributed by atoms with E-state index in [0.717, 1.165) is 5.56 Å². The summed E-state index contributed by atoms with van der Waals surface area (Å²) in [6, 6.07) is 11.9. The molecule has 0 saturated heterocycles. The van der Waals surface area contributed by atoms with E-state index in [0.29, 0.717) is 28.0 Å². The fraction of sp³-hybridized carbons (Fsp3) is 0.133. The van der Waals surface area contributed by atoms with E-state index in [1.807, 2.05) is 24.3 Å². The Kier molecular flexibility index (Phi) is 5.44. The molecule has 6 heteroatoms. The molecule has 2 aromatic rings. The van der Waals surface area contributed by atoms with Crippen LogP contribution in [0.4, 0.5) is 16.2 Å². The molecule has 0 radical (unpaired) electrons. The Balaban J connectivity index is 2.06. The minimum Gasteiger partial charge on any atom is -0.380 e. The summed E-state index contributed by atoms with van der Waals surface area (Å²) in [6.45, 7) is 0.420. The second-order valence-corrected chi connectivity index (χ2v) is 5.11. The number of nitrogens with one attached hydrogen (secondary N) is 2. The fourth-order valence-corrected chi connectivity index (χ4v) is 2.08. The highest BCUT2D eigenvalue weighted by Gasteiger charge is 2.07. The molecule has 0 aliphatic carbocycles. The lowest BCUT2D eigenvalue weighted by Crippen LogP contribution is -2.20. The zero-order chi connectivity index (χ0) is 15.2. The van der Waals surface area contributed by atoms with Gasteiger partial charge < -0.3 is 15.4 Å². The first kappa shape index (κ1) is 15.6. The summed E-state index contributed by atoms with van der Waals surface area (Å²) in [5, 5.41) is 6.29. The van der Waals surface area contributed by atoms with Crippen molar-refractivity contribution < 1.29 is 9.53 Å². The van der Waals surface area contributed by atoms with Gasteiger partial charge in [0.05, 0.1) is 16.7 Å². The van der Waals surface area contributed by atoms with Crippen molar-refractivity contribution in [3.8, 4) is 0 Å². The summed E-state index contributed by atoms with van der Waals surface area (Å²) in [6.07, 6.45) is 0. The molecule has 0 fully saturated rings. The monoisotopic (exact) mass is 324 g/mol. The maximum Gasteiger partial charge on any atom is 0.323 e. The third-order valence-electron chi connectivity index (χ3n) is 2.74. The molecular weight excluding hydrogens is 311 g/mol. The van der Waals surface area contributed by atoms with Crippen LogP contribution in [0.3, 0.4) is 0 Å². The molecule has 4 nitrogen and oxygen atoms in total. The second-order valence-electron chi connectivity index (χ2n) is 4.30. The number of benzene rings is 2. The molecule has 2 aromatic carbocycles. The molecular formula is C15H14Cl2N2O2. The first-order valence-corrected chi connectivity index (χ1v) is 6.95. The zero-order valence-corrected chi connectivity index (χ0v) is 12.8. The lowest BCUT2D eigenvalue weighted by molar-refractivity contribution is 0.185. The number of amides is 2.